The molecule has 1 saturated carbocycles. The second-order valence-electron chi connectivity index (χ2n) is 5.29. The zero-order valence-electron chi connectivity index (χ0n) is 9.71. The van der Waals surface area contributed by atoms with E-state index in [2.05, 4.69) is 24.0 Å². The van der Waals surface area contributed by atoms with E-state index in [0.29, 0.717) is 11.2 Å². The number of rotatable bonds is 3. The Balaban J connectivity index is 2.26. The Kier molecular flexibility index (Phi) is 2.72. The number of nitrogen functional groups attached to an aromatic ring is 1. The lowest BCUT2D eigenvalue weighted by molar-refractivity contribution is 0.338. The molecule has 3 nitrogen and oxygen atoms in total. The molecule has 0 atom stereocenters. The van der Waals surface area contributed by atoms with Crippen LogP contribution in [-0.4, -0.2) is 10.2 Å². The van der Waals surface area contributed by atoms with Gasteiger partial charge in [-0.15, -0.1) is 0 Å². The highest BCUT2D eigenvalue weighted by atomic mass is 15.2. The molecule has 0 aromatic carbocycles. The van der Waals surface area contributed by atoms with Crippen LogP contribution >= 0.6 is 0 Å². The quantitative estimate of drug-likeness (QED) is 0.800. The summed E-state index contributed by atoms with van der Waals surface area (Å²) in [5, 5.41) is 7.18. The molecule has 1 aromatic heterocycles. The van der Waals surface area contributed by atoms with Gasteiger partial charge in [0.1, 0.15) is 5.82 Å². The third-order valence-electron chi connectivity index (χ3n) is 3.53. The molecule has 1 aromatic rings. The predicted molar refractivity (Wildman–Crippen MR) is 62.6 cm³/mol. The minimum Gasteiger partial charge on any atom is -0.382 e. The molecule has 84 valence electrons. The van der Waals surface area contributed by atoms with Gasteiger partial charge in [0.25, 0.3) is 0 Å². The molecule has 3 heteroatoms. The van der Waals surface area contributed by atoms with Crippen LogP contribution in [0.1, 0.15) is 51.6 Å². The van der Waals surface area contributed by atoms with Crippen LogP contribution in [0.4, 0.5) is 5.82 Å². The molecule has 0 amide bonds. The molecule has 2 rings (SSSR count). The van der Waals surface area contributed by atoms with Crippen molar-refractivity contribution in [1.82, 2.24) is 10.2 Å². The Labute approximate surface area is 91.4 Å². The summed E-state index contributed by atoms with van der Waals surface area (Å²) in [5.74, 6) is 1.35. The van der Waals surface area contributed by atoms with Crippen molar-refractivity contribution in [3.8, 4) is 0 Å². The number of aromatic nitrogens is 2. The van der Waals surface area contributed by atoms with Crippen LogP contribution in [0.15, 0.2) is 6.07 Å². The van der Waals surface area contributed by atoms with Crippen LogP contribution in [0, 0.1) is 5.92 Å². The van der Waals surface area contributed by atoms with Crippen molar-refractivity contribution in [2.45, 2.75) is 51.4 Å². The Hall–Kier alpha value is -0.990. The van der Waals surface area contributed by atoms with Gasteiger partial charge in [-0.1, -0.05) is 26.7 Å². The van der Waals surface area contributed by atoms with Crippen molar-refractivity contribution in [1.29, 1.82) is 0 Å². The molecule has 3 N–H and O–H groups in total. The van der Waals surface area contributed by atoms with Crippen molar-refractivity contribution in [3.05, 3.63) is 11.8 Å². The normalized spacial score (nSPS) is 19.9. The van der Waals surface area contributed by atoms with E-state index >= 15 is 0 Å². The van der Waals surface area contributed by atoms with Crippen molar-refractivity contribution in [2.75, 3.05) is 5.73 Å². The zero-order chi connectivity index (χ0) is 10.9. The van der Waals surface area contributed by atoms with Gasteiger partial charge in [0.15, 0.2) is 0 Å². The monoisotopic (exact) mass is 207 g/mol. The first-order valence-electron chi connectivity index (χ1n) is 5.94. The van der Waals surface area contributed by atoms with Crippen LogP contribution in [-0.2, 0) is 5.41 Å². The lowest BCUT2D eigenvalue weighted by atomic mass is 9.76. The standard InChI is InChI=1S/C12H21N3/c1-9(2)8-12(5-3-4-6-12)10-7-11(13)15-14-10/h7,9H,3-6,8H2,1-2H3,(H3,13,14,15). The topological polar surface area (TPSA) is 54.7 Å². The fraction of sp³-hybridized carbons (Fsp3) is 0.750. The smallest absolute Gasteiger partial charge is 0.145 e. The van der Waals surface area contributed by atoms with Crippen LogP contribution in [0.5, 0.6) is 0 Å². The molecular formula is C12H21N3. The maximum Gasteiger partial charge on any atom is 0.145 e. The van der Waals surface area contributed by atoms with E-state index in [0.717, 1.165) is 5.92 Å². The summed E-state index contributed by atoms with van der Waals surface area (Å²) in [7, 11) is 0. The fourth-order valence-corrected chi connectivity index (χ4v) is 3.03. The Bertz CT molecular complexity index is 321. The second-order valence-corrected chi connectivity index (χ2v) is 5.29. The highest BCUT2D eigenvalue weighted by Gasteiger charge is 2.37. The summed E-state index contributed by atoms with van der Waals surface area (Å²) in [6, 6.07) is 2.02. The lowest BCUT2D eigenvalue weighted by Crippen LogP contribution is -2.24. The number of hydrogen-bond acceptors (Lipinski definition) is 2. The van der Waals surface area contributed by atoms with Crippen molar-refractivity contribution in [2.24, 2.45) is 5.92 Å². The molecule has 1 aliphatic carbocycles. The lowest BCUT2D eigenvalue weighted by Gasteiger charge is -2.29. The number of nitrogens with zero attached hydrogens (tertiary/aromatic N) is 1. The molecule has 0 unspecified atom stereocenters. The zero-order valence-corrected chi connectivity index (χ0v) is 9.71. The third-order valence-corrected chi connectivity index (χ3v) is 3.53. The van der Waals surface area contributed by atoms with Gasteiger partial charge in [-0.05, 0) is 25.2 Å². The van der Waals surface area contributed by atoms with Gasteiger partial charge >= 0.3 is 0 Å². The van der Waals surface area contributed by atoms with E-state index in [9.17, 15) is 0 Å². The van der Waals surface area contributed by atoms with Crippen LogP contribution in [0.25, 0.3) is 0 Å². The number of nitrogens with one attached hydrogen (secondary N) is 1. The number of H-pyrrole nitrogens is 1. The summed E-state index contributed by atoms with van der Waals surface area (Å²) in [5.41, 5.74) is 7.28. The largest absolute Gasteiger partial charge is 0.382 e. The average molecular weight is 207 g/mol. The molecule has 0 radical (unpaired) electrons. The molecule has 0 saturated heterocycles. The van der Waals surface area contributed by atoms with Gasteiger partial charge in [-0.25, -0.2) is 0 Å². The Morgan fingerprint density at radius 2 is 2.13 bits per heavy atom. The number of hydrogen-bond donors (Lipinski definition) is 2. The molecule has 1 heterocycles. The van der Waals surface area contributed by atoms with Crippen LogP contribution < -0.4 is 5.73 Å². The first kappa shape index (κ1) is 10.5. The van der Waals surface area contributed by atoms with Crippen LogP contribution in [0.3, 0.4) is 0 Å². The van der Waals surface area contributed by atoms with Crippen LogP contribution in [0.2, 0.25) is 0 Å². The molecular weight excluding hydrogens is 186 g/mol. The highest BCUT2D eigenvalue weighted by molar-refractivity contribution is 5.33. The van der Waals surface area contributed by atoms with Crippen molar-refractivity contribution < 1.29 is 0 Å². The van der Waals surface area contributed by atoms with E-state index in [1.165, 1.54) is 37.8 Å². The molecule has 0 aliphatic heterocycles. The molecule has 0 bridgehead atoms. The first-order valence-corrected chi connectivity index (χ1v) is 5.94. The van der Waals surface area contributed by atoms with E-state index in [1.54, 1.807) is 0 Å². The fourth-order valence-electron chi connectivity index (χ4n) is 3.03. The van der Waals surface area contributed by atoms with E-state index in [-0.39, 0.29) is 0 Å². The van der Waals surface area contributed by atoms with Gasteiger partial charge in [-0.3, -0.25) is 5.10 Å². The summed E-state index contributed by atoms with van der Waals surface area (Å²) >= 11 is 0. The molecule has 1 fully saturated rings. The summed E-state index contributed by atoms with van der Waals surface area (Å²) in [6.45, 7) is 4.58. The Morgan fingerprint density at radius 3 is 2.60 bits per heavy atom. The minimum atomic E-state index is 0.332. The predicted octanol–water partition coefficient (Wildman–Crippen LogP) is 2.85. The van der Waals surface area contributed by atoms with Crippen molar-refractivity contribution >= 4 is 5.82 Å². The molecule has 15 heavy (non-hydrogen) atoms. The third kappa shape index (κ3) is 2.01. The SMILES string of the molecule is CC(C)CC1(c2cc(N)n[nH]2)CCCC1. The molecule has 1 aliphatic rings. The maximum absolute atomic E-state index is 5.69. The van der Waals surface area contributed by atoms with E-state index in [4.69, 9.17) is 5.73 Å². The summed E-state index contributed by atoms with van der Waals surface area (Å²) < 4.78 is 0. The van der Waals surface area contributed by atoms with Gasteiger partial charge in [0.05, 0.1) is 0 Å². The average Bonchev–Trinajstić information content (AvgIpc) is 2.73. The Morgan fingerprint density at radius 1 is 1.47 bits per heavy atom. The number of nitrogens with two attached hydrogens (primary N) is 1. The number of aromatic amines is 1. The van der Waals surface area contributed by atoms with E-state index in [1.807, 2.05) is 6.07 Å². The van der Waals surface area contributed by atoms with Crippen molar-refractivity contribution in [3.63, 3.8) is 0 Å². The van der Waals surface area contributed by atoms with E-state index < -0.39 is 0 Å². The van der Waals surface area contributed by atoms with Gasteiger partial charge < -0.3 is 5.73 Å². The summed E-state index contributed by atoms with van der Waals surface area (Å²) in [6.07, 6.45) is 6.49. The van der Waals surface area contributed by atoms with Gasteiger partial charge in [0, 0.05) is 17.2 Å². The highest BCUT2D eigenvalue weighted by Crippen LogP contribution is 2.45. The minimum absolute atomic E-state index is 0.332. The number of anilines is 1. The summed E-state index contributed by atoms with van der Waals surface area (Å²) in [4.78, 5) is 0. The second kappa shape index (κ2) is 3.87. The first-order chi connectivity index (χ1) is 7.12. The molecule has 0 spiro atoms. The maximum atomic E-state index is 5.69. The van der Waals surface area contributed by atoms with Gasteiger partial charge in [-0.2, -0.15) is 5.10 Å². The van der Waals surface area contributed by atoms with Gasteiger partial charge in [0.2, 0.25) is 0 Å².